The molecule has 1 heterocycles. The highest BCUT2D eigenvalue weighted by atomic mass is 16.5. The standard InChI is InChI=1S/C20H22N2O6/c1-27-14-5-3-2-4-13(14)21-15(23)10-28-16(24)9-22-19(25)17-11-6-7-12(8-11)18(17)20(22)26/h2-5,11-12,17-18H,6-10H2,1H3,(H,21,23)/t11-,12+,17-,18+. The Morgan fingerprint density at radius 2 is 1.75 bits per heavy atom. The van der Waals surface area contributed by atoms with Gasteiger partial charge in [0.15, 0.2) is 6.61 Å². The Morgan fingerprint density at radius 3 is 2.39 bits per heavy atom. The van der Waals surface area contributed by atoms with E-state index >= 15 is 0 Å². The molecule has 1 saturated heterocycles. The SMILES string of the molecule is COc1ccccc1NC(=O)COC(=O)CN1C(=O)[C@@H]2[C@@H]3CC[C@@H](C3)[C@@H]2C1=O. The fraction of sp³-hybridized carbons (Fsp3) is 0.500. The van der Waals surface area contributed by atoms with Crippen molar-refractivity contribution < 1.29 is 28.7 Å². The van der Waals surface area contributed by atoms with E-state index in [4.69, 9.17) is 9.47 Å². The third-order valence-electron chi connectivity index (χ3n) is 6.05. The fourth-order valence-corrected chi connectivity index (χ4v) is 4.88. The Labute approximate surface area is 162 Å². The van der Waals surface area contributed by atoms with E-state index in [9.17, 15) is 19.2 Å². The van der Waals surface area contributed by atoms with Gasteiger partial charge in [-0.3, -0.25) is 24.1 Å². The lowest BCUT2D eigenvalue weighted by molar-refractivity contribution is -0.154. The summed E-state index contributed by atoms with van der Waals surface area (Å²) in [6, 6.07) is 6.85. The van der Waals surface area contributed by atoms with Crippen LogP contribution in [0.25, 0.3) is 0 Å². The molecule has 4 rings (SSSR count). The van der Waals surface area contributed by atoms with E-state index in [-0.39, 0.29) is 35.5 Å². The molecule has 1 N–H and O–H groups in total. The molecule has 2 aliphatic carbocycles. The van der Waals surface area contributed by atoms with Gasteiger partial charge in [-0.15, -0.1) is 0 Å². The Hall–Kier alpha value is -2.90. The van der Waals surface area contributed by atoms with Crippen molar-refractivity contribution in [2.45, 2.75) is 19.3 Å². The minimum atomic E-state index is -0.774. The lowest BCUT2D eigenvalue weighted by Gasteiger charge is -2.19. The number of fused-ring (bicyclic) bond motifs is 5. The van der Waals surface area contributed by atoms with Crippen LogP contribution in [0.15, 0.2) is 24.3 Å². The number of anilines is 1. The minimum Gasteiger partial charge on any atom is -0.495 e. The number of nitrogens with zero attached hydrogens (tertiary/aromatic N) is 1. The lowest BCUT2D eigenvalue weighted by Crippen LogP contribution is -2.38. The van der Waals surface area contributed by atoms with Crippen molar-refractivity contribution in [2.75, 3.05) is 25.6 Å². The number of benzene rings is 1. The third-order valence-corrected chi connectivity index (χ3v) is 6.05. The molecular formula is C20H22N2O6. The molecule has 8 heteroatoms. The second-order valence-electron chi connectivity index (χ2n) is 7.56. The van der Waals surface area contributed by atoms with Crippen molar-refractivity contribution in [3.63, 3.8) is 0 Å². The topological polar surface area (TPSA) is 102 Å². The zero-order chi connectivity index (χ0) is 19.8. The van der Waals surface area contributed by atoms with Crippen LogP contribution in [0.4, 0.5) is 5.69 Å². The Bertz CT molecular complexity index is 810. The zero-order valence-corrected chi connectivity index (χ0v) is 15.6. The quantitative estimate of drug-likeness (QED) is 0.582. The van der Waals surface area contributed by atoms with Crippen LogP contribution in [0.3, 0.4) is 0 Å². The summed E-state index contributed by atoms with van der Waals surface area (Å²) in [6.45, 7) is -0.947. The summed E-state index contributed by atoms with van der Waals surface area (Å²) in [7, 11) is 1.48. The van der Waals surface area contributed by atoms with Crippen molar-refractivity contribution in [1.82, 2.24) is 4.90 Å². The molecule has 2 saturated carbocycles. The van der Waals surface area contributed by atoms with Gasteiger partial charge in [0, 0.05) is 0 Å². The maximum absolute atomic E-state index is 12.6. The number of imide groups is 1. The molecule has 3 amide bonds. The largest absolute Gasteiger partial charge is 0.495 e. The smallest absolute Gasteiger partial charge is 0.326 e. The summed E-state index contributed by atoms with van der Waals surface area (Å²) in [5.74, 6) is -1.37. The van der Waals surface area contributed by atoms with Crippen molar-refractivity contribution in [2.24, 2.45) is 23.7 Å². The van der Waals surface area contributed by atoms with Crippen LogP contribution in [-0.4, -0.2) is 48.9 Å². The summed E-state index contributed by atoms with van der Waals surface area (Å²) in [5, 5.41) is 2.59. The number of nitrogens with one attached hydrogen (secondary N) is 1. The molecule has 1 aliphatic heterocycles. The van der Waals surface area contributed by atoms with Crippen molar-refractivity contribution >= 4 is 29.4 Å². The van der Waals surface area contributed by atoms with E-state index in [1.165, 1.54) is 7.11 Å². The molecule has 3 aliphatic rings. The van der Waals surface area contributed by atoms with Gasteiger partial charge < -0.3 is 14.8 Å². The first-order valence-electron chi connectivity index (χ1n) is 9.43. The molecule has 0 unspecified atom stereocenters. The van der Waals surface area contributed by atoms with Crippen LogP contribution >= 0.6 is 0 Å². The number of amides is 3. The molecule has 4 atom stereocenters. The molecule has 148 valence electrons. The molecule has 0 radical (unpaired) electrons. The van der Waals surface area contributed by atoms with Gasteiger partial charge in [-0.05, 0) is 43.2 Å². The first-order chi connectivity index (χ1) is 13.5. The number of hydrogen-bond donors (Lipinski definition) is 1. The van der Waals surface area contributed by atoms with Gasteiger partial charge in [0.25, 0.3) is 5.91 Å². The second kappa shape index (κ2) is 7.26. The van der Waals surface area contributed by atoms with Crippen LogP contribution < -0.4 is 10.1 Å². The molecule has 3 fully saturated rings. The lowest BCUT2D eigenvalue weighted by atomic mass is 9.81. The minimum absolute atomic E-state index is 0.263. The maximum atomic E-state index is 12.6. The van der Waals surface area contributed by atoms with Gasteiger partial charge in [-0.2, -0.15) is 0 Å². The van der Waals surface area contributed by atoms with E-state index in [1.54, 1.807) is 24.3 Å². The molecule has 28 heavy (non-hydrogen) atoms. The normalized spacial score (nSPS) is 27.7. The monoisotopic (exact) mass is 386 g/mol. The van der Waals surface area contributed by atoms with Gasteiger partial charge in [0.1, 0.15) is 12.3 Å². The highest BCUT2D eigenvalue weighted by molar-refractivity contribution is 6.08. The number of para-hydroxylation sites is 2. The highest BCUT2D eigenvalue weighted by Gasteiger charge is 2.61. The van der Waals surface area contributed by atoms with Crippen LogP contribution in [0.2, 0.25) is 0 Å². The molecule has 2 bridgehead atoms. The average molecular weight is 386 g/mol. The maximum Gasteiger partial charge on any atom is 0.326 e. The number of hydrogen-bond acceptors (Lipinski definition) is 6. The Morgan fingerprint density at radius 1 is 1.11 bits per heavy atom. The Kier molecular flexibility index (Phi) is 4.78. The molecular weight excluding hydrogens is 364 g/mol. The number of methoxy groups -OCH3 is 1. The number of carbonyl (C=O) groups is 4. The van der Waals surface area contributed by atoms with Crippen LogP contribution in [0.5, 0.6) is 5.75 Å². The van der Waals surface area contributed by atoms with Gasteiger partial charge >= 0.3 is 5.97 Å². The van der Waals surface area contributed by atoms with E-state index in [1.807, 2.05) is 0 Å². The van der Waals surface area contributed by atoms with Gasteiger partial charge in [0.05, 0.1) is 24.6 Å². The number of esters is 1. The molecule has 8 nitrogen and oxygen atoms in total. The number of rotatable bonds is 6. The third kappa shape index (κ3) is 3.12. The molecule has 1 aromatic rings. The van der Waals surface area contributed by atoms with Crippen LogP contribution in [0, 0.1) is 23.7 Å². The molecule has 1 aromatic carbocycles. The van der Waals surface area contributed by atoms with E-state index in [2.05, 4.69) is 5.32 Å². The summed E-state index contributed by atoms with van der Waals surface area (Å²) < 4.78 is 10.1. The first-order valence-corrected chi connectivity index (χ1v) is 9.43. The van der Waals surface area contributed by atoms with Crippen molar-refractivity contribution in [3.05, 3.63) is 24.3 Å². The van der Waals surface area contributed by atoms with Crippen LogP contribution in [-0.2, 0) is 23.9 Å². The predicted molar refractivity (Wildman–Crippen MR) is 97.1 cm³/mol. The molecule has 0 spiro atoms. The van der Waals surface area contributed by atoms with Gasteiger partial charge in [-0.1, -0.05) is 12.1 Å². The van der Waals surface area contributed by atoms with E-state index in [0.717, 1.165) is 24.2 Å². The van der Waals surface area contributed by atoms with Crippen molar-refractivity contribution in [1.29, 1.82) is 0 Å². The van der Waals surface area contributed by atoms with E-state index < -0.39 is 25.0 Å². The summed E-state index contributed by atoms with van der Waals surface area (Å²) in [4.78, 5) is 50.3. The zero-order valence-electron chi connectivity index (χ0n) is 15.6. The number of ether oxygens (including phenoxy) is 2. The fourth-order valence-electron chi connectivity index (χ4n) is 4.88. The van der Waals surface area contributed by atoms with Gasteiger partial charge in [0.2, 0.25) is 11.8 Å². The summed E-state index contributed by atoms with van der Waals surface area (Å²) in [5.41, 5.74) is 0.458. The first kappa shape index (κ1) is 18.5. The van der Waals surface area contributed by atoms with Gasteiger partial charge in [-0.25, -0.2) is 0 Å². The average Bonchev–Trinajstić information content (AvgIpc) is 3.37. The van der Waals surface area contributed by atoms with Crippen molar-refractivity contribution in [3.8, 4) is 5.75 Å². The summed E-state index contributed by atoms with van der Waals surface area (Å²) in [6.07, 6.45) is 2.90. The number of carbonyl (C=O) groups excluding carboxylic acids is 4. The second-order valence-corrected chi connectivity index (χ2v) is 7.56. The predicted octanol–water partition coefficient (Wildman–Crippen LogP) is 1.21. The molecule has 0 aromatic heterocycles. The van der Waals surface area contributed by atoms with E-state index in [0.29, 0.717) is 11.4 Å². The summed E-state index contributed by atoms with van der Waals surface area (Å²) >= 11 is 0. The highest BCUT2D eigenvalue weighted by Crippen LogP contribution is 2.56. The number of likely N-dealkylation sites (tertiary alicyclic amines) is 1. The Balaban J connectivity index is 1.30. The van der Waals surface area contributed by atoms with Crippen LogP contribution in [0.1, 0.15) is 19.3 Å².